The van der Waals surface area contributed by atoms with Gasteiger partial charge in [0.2, 0.25) is 0 Å². The lowest BCUT2D eigenvalue weighted by Gasteiger charge is -2.35. The number of benzene rings is 2. The van der Waals surface area contributed by atoms with Crippen LogP contribution >= 0.6 is 0 Å². The summed E-state index contributed by atoms with van der Waals surface area (Å²) < 4.78 is 6.79. The number of aromatic nitrogens is 2. The van der Waals surface area contributed by atoms with E-state index in [-0.39, 0.29) is 11.8 Å². The third kappa shape index (κ3) is 4.00. The summed E-state index contributed by atoms with van der Waals surface area (Å²) in [6.07, 6.45) is 1.79. The van der Waals surface area contributed by atoms with Gasteiger partial charge >= 0.3 is 5.97 Å². The molecular formula is C22H24N4O3. The van der Waals surface area contributed by atoms with Crippen molar-refractivity contribution in [3.05, 3.63) is 54.4 Å². The highest BCUT2D eigenvalue weighted by atomic mass is 16.5. The van der Waals surface area contributed by atoms with Gasteiger partial charge in [0.1, 0.15) is 6.33 Å². The van der Waals surface area contributed by atoms with E-state index < -0.39 is 0 Å². The molecule has 1 fully saturated rings. The minimum absolute atomic E-state index is 0.0368. The van der Waals surface area contributed by atoms with Crippen molar-refractivity contribution in [1.82, 2.24) is 14.5 Å². The number of hydrogen-bond acceptors (Lipinski definition) is 6. The van der Waals surface area contributed by atoms with Crippen LogP contribution in [0.4, 0.5) is 5.69 Å². The van der Waals surface area contributed by atoms with Gasteiger partial charge < -0.3 is 9.64 Å². The van der Waals surface area contributed by atoms with Gasteiger partial charge in [0.15, 0.2) is 5.78 Å². The second-order valence-corrected chi connectivity index (χ2v) is 7.23. The Kier molecular flexibility index (Phi) is 5.31. The number of hydrogen-bond donors (Lipinski definition) is 0. The predicted molar refractivity (Wildman–Crippen MR) is 112 cm³/mol. The molecule has 29 heavy (non-hydrogen) atoms. The maximum atomic E-state index is 11.6. The molecule has 0 spiro atoms. The van der Waals surface area contributed by atoms with Crippen molar-refractivity contribution in [1.29, 1.82) is 0 Å². The highest BCUT2D eigenvalue weighted by Gasteiger charge is 2.20. The number of rotatable bonds is 5. The Hall–Kier alpha value is -3.19. The van der Waals surface area contributed by atoms with Gasteiger partial charge in [0.25, 0.3) is 0 Å². The van der Waals surface area contributed by atoms with E-state index >= 15 is 0 Å². The van der Waals surface area contributed by atoms with Gasteiger partial charge in [0.05, 0.1) is 24.7 Å². The van der Waals surface area contributed by atoms with E-state index in [1.165, 1.54) is 7.11 Å². The topological polar surface area (TPSA) is 67.7 Å². The molecule has 0 amide bonds. The van der Waals surface area contributed by atoms with Crippen LogP contribution in [0.25, 0.3) is 16.7 Å². The van der Waals surface area contributed by atoms with Crippen molar-refractivity contribution in [3.8, 4) is 5.69 Å². The second-order valence-electron chi connectivity index (χ2n) is 7.23. The number of ketones is 1. The quantitative estimate of drug-likeness (QED) is 0.491. The van der Waals surface area contributed by atoms with Gasteiger partial charge in [-0.1, -0.05) is 6.07 Å². The molecule has 0 aliphatic carbocycles. The normalized spacial score (nSPS) is 14.9. The van der Waals surface area contributed by atoms with Crippen LogP contribution in [0.3, 0.4) is 0 Å². The fourth-order valence-electron chi connectivity index (χ4n) is 3.69. The molecule has 0 radical (unpaired) electrons. The summed E-state index contributed by atoms with van der Waals surface area (Å²) in [6, 6.07) is 14.0. The zero-order valence-corrected chi connectivity index (χ0v) is 16.7. The molecule has 1 aliphatic heterocycles. The Labute approximate surface area is 169 Å². The first-order chi connectivity index (χ1) is 14.0. The molecule has 4 rings (SSSR count). The summed E-state index contributed by atoms with van der Waals surface area (Å²) in [7, 11) is 1.42. The largest absolute Gasteiger partial charge is 0.468 e. The van der Waals surface area contributed by atoms with Crippen molar-refractivity contribution >= 4 is 28.5 Å². The zero-order chi connectivity index (χ0) is 20.4. The van der Waals surface area contributed by atoms with E-state index in [9.17, 15) is 9.59 Å². The van der Waals surface area contributed by atoms with E-state index in [1.54, 1.807) is 13.3 Å². The molecule has 0 unspecified atom stereocenters. The lowest BCUT2D eigenvalue weighted by atomic mass is 10.1. The molecule has 0 saturated carbocycles. The number of ether oxygens (including phenoxy) is 1. The summed E-state index contributed by atoms with van der Waals surface area (Å²) in [6.45, 7) is 5.25. The van der Waals surface area contributed by atoms with E-state index in [0.717, 1.165) is 48.6 Å². The molecule has 0 atom stereocenters. The number of carbonyl (C=O) groups excluding carboxylic acids is 2. The third-order valence-corrected chi connectivity index (χ3v) is 5.38. The van der Waals surface area contributed by atoms with Crippen LogP contribution in [0, 0.1) is 0 Å². The van der Waals surface area contributed by atoms with Crippen molar-refractivity contribution in [2.24, 2.45) is 0 Å². The number of Topliss-reactive ketones (excluding diaryl/α,β-unsaturated/α-hetero) is 1. The lowest BCUT2D eigenvalue weighted by Crippen LogP contribution is -2.48. The average molecular weight is 392 g/mol. The Bertz CT molecular complexity index is 1050. The number of imidazole rings is 1. The second kappa shape index (κ2) is 8.05. The molecule has 0 bridgehead atoms. The molecule has 7 heteroatoms. The van der Waals surface area contributed by atoms with Gasteiger partial charge in [-0.2, -0.15) is 0 Å². The fourth-order valence-corrected chi connectivity index (χ4v) is 3.69. The van der Waals surface area contributed by atoms with Gasteiger partial charge in [-0.15, -0.1) is 0 Å². The standard InChI is InChI=1S/C22H24N4O3/c1-16(27)17-6-7-21-20(12-17)23-15-26(21)19-5-3-4-18(13-19)25-10-8-24(9-11-25)14-22(28)29-2/h3-7,12-13,15H,8-11,14H2,1-2H3. The SMILES string of the molecule is COC(=O)CN1CCN(c2cccc(-n3cnc4cc(C(C)=O)ccc43)c2)CC1. The van der Waals surface area contributed by atoms with Crippen LogP contribution in [-0.2, 0) is 9.53 Å². The number of esters is 1. The molecule has 150 valence electrons. The first-order valence-electron chi connectivity index (χ1n) is 9.68. The average Bonchev–Trinajstić information content (AvgIpc) is 3.17. The maximum Gasteiger partial charge on any atom is 0.319 e. The number of nitrogens with zero attached hydrogens (tertiary/aromatic N) is 4. The number of methoxy groups -OCH3 is 1. The van der Waals surface area contributed by atoms with Crippen LogP contribution in [-0.4, -0.2) is 66.0 Å². The van der Waals surface area contributed by atoms with E-state index in [4.69, 9.17) is 4.74 Å². The predicted octanol–water partition coefficient (Wildman–Crippen LogP) is 2.52. The first kappa shape index (κ1) is 19.1. The summed E-state index contributed by atoms with van der Waals surface area (Å²) in [5, 5.41) is 0. The summed E-state index contributed by atoms with van der Waals surface area (Å²) in [4.78, 5) is 32.0. The smallest absolute Gasteiger partial charge is 0.319 e. The van der Waals surface area contributed by atoms with Crippen molar-refractivity contribution < 1.29 is 14.3 Å². The number of piperazine rings is 1. The van der Waals surface area contributed by atoms with Crippen LogP contribution in [0.2, 0.25) is 0 Å². The molecular weight excluding hydrogens is 368 g/mol. The highest BCUT2D eigenvalue weighted by Crippen LogP contribution is 2.24. The molecule has 2 aromatic carbocycles. The third-order valence-electron chi connectivity index (χ3n) is 5.38. The molecule has 1 aromatic heterocycles. The summed E-state index contributed by atoms with van der Waals surface area (Å²) >= 11 is 0. The van der Waals surface area contributed by atoms with Crippen LogP contribution in [0.15, 0.2) is 48.8 Å². The van der Waals surface area contributed by atoms with Gasteiger partial charge in [-0.3, -0.25) is 19.1 Å². The highest BCUT2D eigenvalue weighted by molar-refractivity contribution is 5.97. The van der Waals surface area contributed by atoms with Gasteiger partial charge in [-0.25, -0.2) is 4.98 Å². The van der Waals surface area contributed by atoms with E-state index in [0.29, 0.717) is 12.1 Å². The maximum absolute atomic E-state index is 11.6. The van der Waals surface area contributed by atoms with Crippen molar-refractivity contribution in [2.75, 3.05) is 44.7 Å². The number of fused-ring (bicyclic) bond motifs is 1. The Balaban J connectivity index is 1.53. The molecule has 1 aliphatic rings. The van der Waals surface area contributed by atoms with Crippen LogP contribution in [0.5, 0.6) is 0 Å². The Morgan fingerprint density at radius 2 is 1.79 bits per heavy atom. The molecule has 0 N–H and O–H groups in total. The number of carbonyl (C=O) groups is 2. The minimum Gasteiger partial charge on any atom is -0.468 e. The molecule has 1 saturated heterocycles. The van der Waals surface area contributed by atoms with E-state index in [2.05, 4.69) is 33.0 Å². The van der Waals surface area contributed by atoms with Crippen LogP contribution < -0.4 is 4.90 Å². The lowest BCUT2D eigenvalue weighted by molar-refractivity contribution is -0.142. The number of anilines is 1. The molecule has 3 aromatic rings. The summed E-state index contributed by atoms with van der Waals surface area (Å²) in [5.74, 6) is -0.157. The molecule has 7 nitrogen and oxygen atoms in total. The monoisotopic (exact) mass is 392 g/mol. The van der Waals surface area contributed by atoms with Crippen molar-refractivity contribution in [3.63, 3.8) is 0 Å². The van der Waals surface area contributed by atoms with Gasteiger partial charge in [0, 0.05) is 43.1 Å². The van der Waals surface area contributed by atoms with E-state index in [1.807, 2.05) is 28.8 Å². The zero-order valence-electron chi connectivity index (χ0n) is 16.7. The Morgan fingerprint density at radius 3 is 2.52 bits per heavy atom. The first-order valence-corrected chi connectivity index (χ1v) is 9.68. The van der Waals surface area contributed by atoms with Crippen LogP contribution in [0.1, 0.15) is 17.3 Å². The fraction of sp³-hybridized carbons (Fsp3) is 0.318. The Morgan fingerprint density at radius 1 is 1.03 bits per heavy atom. The molecule has 2 heterocycles. The van der Waals surface area contributed by atoms with Crippen molar-refractivity contribution in [2.45, 2.75) is 6.92 Å². The minimum atomic E-state index is -0.194. The summed E-state index contributed by atoms with van der Waals surface area (Å²) in [5.41, 5.74) is 4.61. The van der Waals surface area contributed by atoms with Gasteiger partial charge in [-0.05, 0) is 43.3 Å².